The predicted octanol–water partition coefficient (Wildman–Crippen LogP) is 3.08. The molecule has 0 spiro atoms. The topological polar surface area (TPSA) is 37.4 Å². The molecule has 0 saturated heterocycles. The molecule has 0 unspecified atom stereocenters. The second-order valence-electron chi connectivity index (χ2n) is 5.53. The van der Waals surface area contributed by atoms with Crippen molar-refractivity contribution in [3.8, 4) is 0 Å². The summed E-state index contributed by atoms with van der Waals surface area (Å²) in [6.45, 7) is 4.00. The average Bonchev–Trinajstić information content (AvgIpc) is 2.78. The van der Waals surface area contributed by atoms with Gasteiger partial charge in [0.25, 0.3) is 0 Å². The normalized spacial score (nSPS) is 13.4. The van der Waals surface area contributed by atoms with Crippen molar-refractivity contribution in [1.82, 2.24) is 0 Å². The SMILES string of the molecule is Cc1ccc(C)c(C(=O)CN2C(=O)Cc3ccccc32)c1. The zero-order chi connectivity index (χ0) is 15.0. The summed E-state index contributed by atoms with van der Waals surface area (Å²) in [5.74, 6) is -0.0175. The van der Waals surface area contributed by atoms with E-state index in [0.29, 0.717) is 12.0 Å². The minimum Gasteiger partial charge on any atom is -0.304 e. The van der Waals surface area contributed by atoms with E-state index in [1.54, 1.807) is 4.90 Å². The van der Waals surface area contributed by atoms with Crippen LogP contribution in [0.15, 0.2) is 42.5 Å². The monoisotopic (exact) mass is 279 g/mol. The summed E-state index contributed by atoms with van der Waals surface area (Å²) in [7, 11) is 0. The molecular formula is C18H17NO2. The number of para-hydroxylation sites is 1. The Morgan fingerprint density at radius 1 is 1.14 bits per heavy atom. The minimum atomic E-state index is -0.0127. The van der Waals surface area contributed by atoms with Gasteiger partial charge in [0.1, 0.15) is 0 Å². The summed E-state index contributed by atoms with van der Waals surface area (Å²) < 4.78 is 0. The van der Waals surface area contributed by atoms with Crippen LogP contribution >= 0.6 is 0 Å². The predicted molar refractivity (Wildman–Crippen MR) is 82.7 cm³/mol. The van der Waals surface area contributed by atoms with Crippen LogP contribution in [0, 0.1) is 13.8 Å². The lowest BCUT2D eigenvalue weighted by atomic mass is 10.0. The molecule has 0 atom stereocenters. The van der Waals surface area contributed by atoms with Crippen LogP contribution in [0.1, 0.15) is 27.0 Å². The van der Waals surface area contributed by atoms with Crippen molar-refractivity contribution in [3.05, 3.63) is 64.7 Å². The van der Waals surface area contributed by atoms with Crippen molar-refractivity contribution >= 4 is 17.4 Å². The first kappa shape index (κ1) is 13.6. The second-order valence-corrected chi connectivity index (χ2v) is 5.53. The van der Waals surface area contributed by atoms with Crippen molar-refractivity contribution in [2.24, 2.45) is 0 Å². The molecule has 0 bridgehead atoms. The third-order valence-electron chi connectivity index (χ3n) is 3.92. The molecule has 1 amide bonds. The molecule has 0 N–H and O–H groups in total. The lowest BCUT2D eigenvalue weighted by Crippen LogP contribution is -2.32. The lowest BCUT2D eigenvalue weighted by Gasteiger charge is -2.17. The summed E-state index contributed by atoms with van der Waals surface area (Å²) in [5.41, 5.74) is 4.56. The zero-order valence-electron chi connectivity index (χ0n) is 12.2. The Balaban J connectivity index is 1.88. The first-order valence-electron chi connectivity index (χ1n) is 7.05. The van der Waals surface area contributed by atoms with Crippen LogP contribution in [0.5, 0.6) is 0 Å². The lowest BCUT2D eigenvalue weighted by molar-refractivity contribution is -0.117. The Morgan fingerprint density at radius 2 is 1.90 bits per heavy atom. The number of ketones is 1. The molecule has 0 aromatic heterocycles. The molecule has 0 fully saturated rings. The smallest absolute Gasteiger partial charge is 0.231 e. The van der Waals surface area contributed by atoms with E-state index < -0.39 is 0 Å². The molecule has 3 rings (SSSR count). The maximum Gasteiger partial charge on any atom is 0.231 e. The highest BCUT2D eigenvalue weighted by atomic mass is 16.2. The van der Waals surface area contributed by atoms with E-state index in [-0.39, 0.29) is 18.2 Å². The molecule has 0 saturated carbocycles. The highest BCUT2D eigenvalue weighted by Gasteiger charge is 2.28. The number of hydrogen-bond acceptors (Lipinski definition) is 2. The van der Waals surface area contributed by atoms with Crippen molar-refractivity contribution in [1.29, 1.82) is 0 Å². The van der Waals surface area contributed by atoms with Crippen LogP contribution < -0.4 is 4.90 Å². The largest absolute Gasteiger partial charge is 0.304 e. The fourth-order valence-corrected chi connectivity index (χ4v) is 2.75. The van der Waals surface area contributed by atoms with Gasteiger partial charge in [-0.2, -0.15) is 0 Å². The number of fused-ring (bicyclic) bond motifs is 1. The van der Waals surface area contributed by atoms with E-state index in [1.807, 2.05) is 56.3 Å². The Labute approximate surface area is 124 Å². The molecule has 0 aliphatic carbocycles. The zero-order valence-corrected chi connectivity index (χ0v) is 12.2. The van der Waals surface area contributed by atoms with Crippen LogP contribution in [-0.4, -0.2) is 18.2 Å². The first-order valence-corrected chi connectivity index (χ1v) is 7.05. The fourth-order valence-electron chi connectivity index (χ4n) is 2.75. The van der Waals surface area contributed by atoms with Gasteiger partial charge in [0.05, 0.1) is 13.0 Å². The van der Waals surface area contributed by atoms with Gasteiger partial charge in [-0.1, -0.05) is 35.9 Å². The van der Waals surface area contributed by atoms with Gasteiger partial charge >= 0.3 is 0 Å². The molecule has 2 aromatic carbocycles. The number of benzene rings is 2. The Hall–Kier alpha value is -2.42. The Bertz CT molecular complexity index is 734. The Morgan fingerprint density at radius 3 is 2.71 bits per heavy atom. The van der Waals surface area contributed by atoms with Gasteiger partial charge in [0, 0.05) is 11.3 Å². The Kier molecular flexibility index (Phi) is 3.34. The number of carbonyl (C=O) groups excluding carboxylic acids is 2. The summed E-state index contributed by atoms with van der Waals surface area (Å²) in [6, 6.07) is 13.5. The van der Waals surface area contributed by atoms with Crippen molar-refractivity contribution < 1.29 is 9.59 Å². The molecule has 0 radical (unpaired) electrons. The first-order chi connectivity index (χ1) is 10.1. The van der Waals surface area contributed by atoms with Crippen LogP contribution in [-0.2, 0) is 11.2 Å². The van der Waals surface area contributed by atoms with E-state index >= 15 is 0 Å². The maximum atomic E-state index is 12.5. The molecule has 3 nitrogen and oxygen atoms in total. The maximum absolute atomic E-state index is 12.5. The van der Waals surface area contributed by atoms with Gasteiger partial charge in [-0.25, -0.2) is 0 Å². The van der Waals surface area contributed by atoms with E-state index in [2.05, 4.69) is 0 Å². The number of rotatable bonds is 3. The summed E-state index contributed by atoms with van der Waals surface area (Å²) in [4.78, 5) is 26.3. The third kappa shape index (κ3) is 2.47. The van der Waals surface area contributed by atoms with Crippen LogP contribution in [0.3, 0.4) is 0 Å². The fraction of sp³-hybridized carbons (Fsp3) is 0.222. The summed E-state index contributed by atoms with van der Waals surface area (Å²) in [5, 5.41) is 0. The van der Waals surface area contributed by atoms with Crippen LogP contribution in [0.4, 0.5) is 5.69 Å². The molecule has 2 aromatic rings. The summed E-state index contributed by atoms with van der Waals surface area (Å²) >= 11 is 0. The molecular weight excluding hydrogens is 262 g/mol. The average molecular weight is 279 g/mol. The van der Waals surface area contributed by atoms with Gasteiger partial charge < -0.3 is 4.90 Å². The number of anilines is 1. The minimum absolute atomic E-state index is 0.00476. The highest BCUT2D eigenvalue weighted by molar-refractivity contribution is 6.09. The van der Waals surface area contributed by atoms with Gasteiger partial charge in [0.2, 0.25) is 5.91 Å². The van der Waals surface area contributed by atoms with Gasteiger partial charge in [-0.15, -0.1) is 0 Å². The summed E-state index contributed by atoms with van der Waals surface area (Å²) in [6.07, 6.45) is 0.385. The van der Waals surface area contributed by atoms with Crippen LogP contribution in [0.2, 0.25) is 0 Å². The third-order valence-corrected chi connectivity index (χ3v) is 3.92. The van der Waals surface area contributed by atoms with Gasteiger partial charge in [0.15, 0.2) is 5.78 Å². The van der Waals surface area contributed by atoms with E-state index in [9.17, 15) is 9.59 Å². The molecule has 106 valence electrons. The molecule has 1 heterocycles. The van der Waals surface area contributed by atoms with Crippen LogP contribution in [0.25, 0.3) is 0 Å². The molecule has 1 aliphatic rings. The van der Waals surface area contributed by atoms with Gasteiger partial charge in [-0.05, 0) is 37.1 Å². The number of hydrogen-bond donors (Lipinski definition) is 0. The number of aryl methyl sites for hydroxylation is 2. The van der Waals surface area contributed by atoms with E-state index in [4.69, 9.17) is 0 Å². The van der Waals surface area contributed by atoms with E-state index in [0.717, 1.165) is 22.4 Å². The van der Waals surface area contributed by atoms with Gasteiger partial charge in [-0.3, -0.25) is 9.59 Å². The number of Topliss-reactive ketones (excluding diaryl/α,β-unsaturated/α-hetero) is 1. The van der Waals surface area contributed by atoms with Crippen molar-refractivity contribution in [2.75, 3.05) is 11.4 Å². The van der Waals surface area contributed by atoms with Crippen molar-refractivity contribution in [2.45, 2.75) is 20.3 Å². The standard InChI is InChI=1S/C18H17NO2/c1-12-7-8-13(2)15(9-12)17(20)11-19-16-6-4-3-5-14(16)10-18(19)21/h3-9H,10-11H2,1-2H3. The molecule has 1 aliphatic heterocycles. The number of amides is 1. The number of carbonyl (C=O) groups is 2. The number of nitrogens with zero attached hydrogens (tertiary/aromatic N) is 1. The van der Waals surface area contributed by atoms with Crippen molar-refractivity contribution in [3.63, 3.8) is 0 Å². The molecule has 3 heteroatoms. The van der Waals surface area contributed by atoms with E-state index in [1.165, 1.54) is 0 Å². The quantitative estimate of drug-likeness (QED) is 0.810. The molecule has 21 heavy (non-hydrogen) atoms. The second kappa shape index (κ2) is 5.17. The highest BCUT2D eigenvalue weighted by Crippen LogP contribution is 2.28.